The van der Waals surface area contributed by atoms with Gasteiger partial charge >= 0.3 is 0 Å². The van der Waals surface area contributed by atoms with Gasteiger partial charge in [0.05, 0.1) is 23.8 Å². The number of Topliss-reactive ketones (excluding diaryl/α,β-unsaturated/α-hetero) is 1. The number of rotatable bonds is 10. The first kappa shape index (κ1) is 21.6. The molecule has 9 heteroatoms. The van der Waals surface area contributed by atoms with Gasteiger partial charge in [-0.05, 0) is 54.1 Å². The van der Waals surface area contributed by atoms with Gasteiger partial charge < -0.3 is 14.6 Å². The standard InChI is InChI=1S/C21H23ClN4O4/c1-3-5-16-18(9-7-15(13(2)27)20(16)28)29-10-4-11-30-19-8-6-14(12-17(19)22)21-23-25-26-24-21/h6-9,12,28H,3-5,10-11H2,1-2H3,(H,23,24,25,26). The molecule has 0 unspecified atom stereocenters. The zero-order valence-electron chi connectivity index (χ0n) is 16.8. The van der Waals surface area contributed by atoms with Crippen molar-refractivity contribution in [2.45, 2.75) is 33.1 Å². The van der Waals surface area contributed by atoms with E-state index in [4.69, 9.17) is 21.1 Å². The summed E-state index contributed by atoms with van der Waals surface area (Å²) in [7, 11) is 0. The number of H-pyrrole nitrogens is 1. The van der Waals surface area contributed by atoms with E-state index in [9.17, 15) is 9.90 Å². The summed E-state index contributed by atoms with van der Waals surface area (Å²) >= 11 is 6.27. The summed E-state index contributed by atoms with van der Waals surface area (Å²) in [4.78, 5) is 11.6. The molecule has 3 rings (SSSR count). The highest BCUT2D eigenvalue weighted by molar-refractivity contribution is 6.32. The molecule has 0 aliphatic heterocycles. The third-order valence-corrected chi connectivity index (χ3v) is 4.77. The summed E-state index contributed by atoms with van der Waals surface area (Å²) in [6.45, 7) is 4.24. The van der Waals surface area contributed by atoms with Crippen LogP contribution in [-0.2, 0) is 6.42 Å². The molecular weight excluding hydrogens is 408 g/mol. The fourth-order valence-electron chi connectivity index (χ4n) is 3.00. The number of tetrazole rings is 1. The number of ketones is 1. The van der Waals surface area contributed by atoms with Gasteiger partial charge in [0.2, 0.25) is 0 Å². The van der Waals surface area contributed by atoms with E-state index in [0.29, 0.717) is 59.5 Å². The number of phenolic OH excluding ortho intramolecular Hbond substituents is 1. The lowest BCUT2D eigenvalue weighted by molar-refractivity contribution is 0.101. The van der Waals surface area contributed by atoms with Crippen molar-refractivity contribution < 1.29 is 19.4 Å². The van der Waals surface area contributed by atoms with E-state index in [0.717, 1.165) is 12.0 Å². The minimum atomic E-state index is -0.174. The monoisotopic (exact) mass is 430 g/mol. The quantitative estimate of drug-likeness (QED) is 0.365. The van der Waals surface area contributed by atoms with E-state index in [-0.39, 0.29) is 11.5 Å². The van der Waals surface area contributed by atoms with Crippen LogP contribution in [-0.4, -0.2) is 44.7 Å². The van der Waals surface area contributed by atoms with Crippen LogP contribution in [0.25, 0.3) is 11.4 Å². The van der Waals surface area contributed by atoms with Gasteiger partial charge in [0.15, 0.2) is 11.6 Å². The molecule has 0 bridgehead atoms. The molecule has 2 N–H and O–H groups in total. The Hall–Kier alpha value is -3.13. The second-order valence-electron chi connectivity index (χ2n) is 6.69. The average molecular weight is 431 g/mol. The van der Waals surface area contributed by atoms with Crippen LogP contribution in [0.1, 0.15) is 42.6 Å². The lowest BCUT2D eigenvalue weighted by Gasteiger charge is -2.15. The largest absolute Gasteiger partial charge is 0.507 e. The molecule has 0 saturated heterocycles. The van der Waals surface area contributed by atoms with Crippen molar-refractivity contribution in [2.24, 2.45) is 0 Å². The molecule has 2 aromatic carbocycles. The van der Waals surface area contributed by atoms with E-state index < -0.39 is 0 Å². The summed E-state index contributed by atoms with van der Waals surface area (Å²) in [5.41, 5.74) is 1.73. The van der Waals surface area contributed by atoms with Crippen LogP contribution in [0.5, 0.6) is 17.2 Å². The third kappa shape index (κ3) is 5.07. The van der Waals surface area contributed by atoms with E-state index in [1.165, 1.54) is 6.92 Å². The number of nitrogens with one attached hydrogen (secondary N) is 1. The lowest BCUT2D eigenvalue weighted by Crippen LogP contribution is -2.07. The average Bonchev–Trinajstić information content (AvgIpc) is 3.25. The molecule has 8 nitrogen and oxygen atoms in total. The molecule has 0 atom stereocenters. The summed E-state index contributed by atoms with van der Waals surface area (Å²) < 4.78 is 11.6. The van der Waals surface area contributed by atoms with Gasteiger partial charge in [-0.2, -0.15) is 0 Å². The van der Waals surface area contributed by atoms with Crippen molar-refractivity contribution in [2.75, 3.05) is 13.2 Å². The number of carbonyl (C=O) groups is 1. The predicted molar refractivity (Wildman–Crippen MR) is 112 cm³/mol. The fourth-order valence-corrected chi connectivity index (χ4v) is 3.23. The Labute approximate surface area is 179 Å². The maximum atomic E-state index is 11.6. The van der Waals surface area contributed by atoms with Gasteiger partial charge in [-0.25, -0.2) is 5.10 Å². The number of hydrogen-bond acceptors (Lipinski definition) is 7. The minimum absolute atomic E-state index is 0.00642. The smallest absolute Gasteiger partial charge is 0.179 e. The van der Waals surface area contributed by atoms with Crippen molar-refractivity contribution in [1.82, 2.24) is 20.6 Å². The maximum absolute atomic E-state index is 11.6. The van der Waals surface area contributed by atoms with E-state index in [1.54, 1.807) is 24.3 Å². The zero-order valence-corrected chi connectivity index (χ0v) is 17.6. The molecule has 3 aromatic rings. The molecule has 0 aliphatic carbocycles. The Morgan fingerprint density at radius 2 is 1.90 bits per heavy atom. The van der Waals surface area contributed by atoms with Crippen LogP contribution < -0.4 is 9.47 Å². The van der Waals surface area contributed by atoms with E-state index >= 15 is 0 Å². The number of benzene rings is 2. The fraction of sp³-hybridized carbons (Fsp3) is 0.333. The van der Waals surface area contributed by atoms with Gasteiger partial charge in [0, 0.05) is 17.5 Å². The molecule has 0 spiro atoms. The molecular formula is C21H23ClN4O4. The van der Waals surface area contributed by atoms with Crippen LogP contribution in [0.4, 0.5) is 0 Å². The van der Waals surface area contributed by atoms with Gasteiger partial charge in [-0.15, -0.1) is 5.10 Å². The topological polar surface area (TPSA) is 110 Å². The van der Waals surface area contributed by atoms with Gasteiger partial charge in [-0.1, -0.05) is 24.9 Å². The minimum Gasteiger partial charge on any atom is -0.507 e. The third-order valence-electron chi connectivity index (χ3n) is 4.47. The number of halogens is 1. The van der Waals surface area contributed by atoms with Crippen LogP contribution in [0.2, 0.25) is 5.02 Å². The highest BCUT2D eigenvalue weighted by atomic mass is 35.5. The first-order valence-electron chi connectivity index (χ1n) is 9.66. The molecule has 1 aromatic heterocycles. The maximum Gasteiger partial charge on any atom is 0.179 e. The van der Waals surface area contributed by atoms with Crippen molar-refractivity contribution in [1.29, 1.82) is 0 Å². The number of phenols is 1. The molecule has 30 heavy (non-hydrogen) atoms. The van der Waals surface area contributed by atoms with Gasteiger partial charge in [-0.3, -0.25) is 4.79 Å². The molecule has 0 radical (unpaired) electrons. The van der Waals surface area contributed by atoms with Crippen LogP contribution in [0.3, 0.4) is 0 Å². The number of nitrogens with zero attached hydrogens (tertiary/aromatic N) is 3. The normalized spacial score (nSPS) is 10.8. The van der Waals surface area contributed by atoms with Crippen molar-refractivity contribution >= 4 is 17.4 Å². The van der Waals surface area contributed by atoms with Crippen LogP contribution >= 0.6 is 11.6 Å². The van der Waals surface area contributed by atoms with Gasteiger partial charge in [0.25, 0.3) is 0 Å². The molecule has 0 saturated carbocycles. The number of hydrogen-bond donors (Lipinski definition) is 2. The van der Waals surface area contributed by atoms with E-state index in [2.05, 4.69) is 20.6 Å². The summed E-state index contributed by atoms with van der Waals surface area (Å²) in [6, 6.07) is 8.63. The van der Waals surface area contributed by atoms with Crippen molar-refractivity contribution in [3.05, 3.63) is 46.5 Å². The van der Waals surface area contributed by atoms with Crippen LogP contribution in [0, 0.1) is 0 Å². The number of carbonyl (C=O) groups excluding carboxylic acids is 1. The van der Waals surface area contributed by atoms with Crippen molar-refractivity contribution in [3.8, 4) is 28.6 Å². The Balaban J connectivity index is 1.54. The number of aromatic hydroxyl groups is 1. The Kier molecular flexibility index (Phi) is 7.24. The first-order chi connectivity index (χ1) is 14.5. The molecule has 0 amide bonds. The number of ether oxygens (including phenoxy) is 2. The number of aromatic nitrogens is 4. The Morgan fingerprint density at radius 1 is 1.17 bits per heavy atom. The predicted octanol–water partition coefficient (Wildman–Crippen LogP) is 4.23. The van der Waals surface area contributed by atoms with E-state index in [1.807, 2.05) is 13.0 Å². The Bertz CT molecular complexity index is 1010. The second kappa shape index (κ2) is 10.1. The summed E-state index contributed by atoms with van der Waals surface area (Å²) in [5.74, 6) is 1.50. The summed E-state index contributed by atoms with van der Waals surface area (Å²) in [6.07, 6.45) is 2.07. The Morgan fingerprint density at radius 3 is 2.53 bits per heavy atom. The molecule has 0 fully saturated rings. The molecule has 0 aliphatic rings. The van der Waals surface area contributed by atoms with Crippen LogP contribution in [0.15, 0.2) is 30.3 Å². The van der Waals surface area contributed by atoms with Gasteiger partial charge in [0.1, 0.15) is 17.2 Å². The zero-order chi connectivity index (χ0) is 21.5. The number of aromatic amines is 1. The second-order valence-corrected chi connectivity index (χ2v) is 7.10. The first-order valence-corrected chi connectivity index (χ1v) is 10.0. The highest BCUT2D eigenvalue weighted by Gasteiger charge is 2.16. The summed E-state index contributed by atoms with van der Waals surface area (Å²) in [5, 5.41) is 24.5. The van der Waals surface area contributed by atoms with Crippen molar-refractivity contribution in [3.63, 3.8) is 0 Å². The SMILES string of the molecule is CCCc1c(OCCCOc2ccc(-c3nnn[nH]3)cc2Cl)ccc(C(C)=O)c1O. The lowest BCUT2D eigenvalue weighted by atomic mass is 10.0. The molecule has 1 heterocycles. The molecule has 158 valence electrons. The highest BCUT2D eigenvalue weighted by Crippen LogP contribution is 2.33.